The van der Waals surface area contributed by atoms with Gasteiger partial charge < -0.3 is 19.4 Å². The van der Waals surface area contributed by atoms with E-state index in [0.717, 1.165) is 10.6 Å². The minimum Gasteiger partial charge on any atom is -0.486 e. The first-order chi connectivity index (χ1) is 16.7. The largest absolute Gasteiger partial charge is 0.486 e. The second kappa shape index (κ2) is 8.26. The lowest BCUT2D eigenvalue weighted by Gasteiger charge is -2.25. The van der Waals surface area contributed by atoms with E-state index in [4.69, 9.17) is 9.47 Å². The molecule has 3 amide bonds. The Hall–Kier alpha value is -4.14. The van der Waals surface area contributed by atoms with Gasteiger partial charge in [-0.2, -0.15) is 0 Å². The number of nitrogens with zero attached hydrogens (tertiary/aromatic N) is 2. The fourth-order valence-electron chi connectivity index (χ4n) is 4.65. The van der Waals surface area contributed by atoms with Crippen LogP contribution in [0.25, 0.3) is 5.69 Å². The summed E-state index contributed by atoms with van der Waals surface area (Å²) in [6.07, 6.45) is 0. The van der Waals surface area contributed by atoms with Crippen LogP contribution >= 0.6 is 0 Å². The maximum Gasteiger partial charge on any atom is 0.325 e. The number of benzene rings is 2. The van der Waals surface area contributed by atoms with Gasteiger partial charge in [-0.25, -0.2) is 9.18 Å². The van der Waals surface area contributed by atoms with Gasteiger partial charge in [0.15, 0.2) is 17.3 Å². The highest BCUT2D eigenvalue weighted by molar-refractivity contribution is 6.11. The van der Waals surface area contributed by atoms with Crippen molar-refractivity contribution in [3.8, 4) is 17.2 Å². The summed E-state index contributed by atoms with van der Waals surface area (Å²) in [5.41, 5.74) is 1.70. The molecular weight excluding hydrogens is 453 g/mol. The minimum absolute atomic E-state index is 0.355. The number of nitrogens with one attached hydrogen (secondary N) is 1. The predicted octanol–water partition coefficient (Wildman–Crippen LogP) is 3.65. The standard InChI is InChI=1S/C26H24FN3O5/c1-15-12-20(16(2)30(15)19-7-5-18(27)6-8-19)21(31)14-29-24(32)26(3,28-25(29)33)17-4-9-22-23(13-17)35-11-10-34-22/h4-9,12-13H,10-11,14H2,1-3H3,(H,28,33). The Balaban J connectivity index is 1.40. The van der Waals surface area contributed by atoms with Crippen molar-refractivity contribution in [2.24, 2.45) is 0 Å². The lowest BCUT2D eigenvalue weighted by Crippen LogP contribution is -2.41. The highest BCUT2D eigenvalue weighted by Gasteiger charge is 2.50. The number of rotatable bonds is 5. The van der Waals surface area contributed by atoms with Gasteiger partial charge >= 0.3 is 6.03 Å². The normalized spacial score (nSPS) is 19.1. The van der Waals surface area contributed by atoms with Crippen LogP contribution in [0.2, 0.25) is 0 Å². The fraction of sp³-hybridized carbons (Fsp3) is 0.269. The number of carbonyl (C=O) groups is 3. The number of aromatic nitrogens is 1. The van der Waals surface area contributed by atoms with Crippen molar-refractivity contribution in [1.29, 1.82) is 0 Å². The van der Waals surface area contributed by atoms with Crippen LogP contribution < -0.4 is 14.8 Å². The molecule has 0 spiro atoms. The number of urea groups is 1. The van der Waals surface area contributed by atoms with Gasteiger partial charge in [-0.3, -0.25) is 14.5 Å². The van der Waals surface area contributed by atoms with Gasteiger partial charge in [0, 0.05) is 22.6 Å². The first kappa shape index (κ1) is 22.6. The van der Waals surface area contributed by atoms with Crippen LogP contribution in [-0.2, 0) is 10.3 Å². The highest BCUT2D eigenvalue weighted by atomic mass is 19.1. The molecule has 1 fully saturated rings. The van der Waals surface area contributed by atoms with E-state index >= 15 is 0 Å². The van der Waals surface area contributed by atoms with E-state index in [-0.39, 0.29) is 11.6 Å². The minimum atomic E-state index is -1.35. The molecule has 0 saturated carbocycles. The number of hydrogen-bond acceptors (Lipinski definition) is 5. The highest BCUT2D eigenvalue weighted by Crippen LogP contribution is 2.37. The van der Waals surface area contributed by atoms with Crippen LogP contribution in [0.3, 0.4) is 0 Å². The van der Waals surface area contributed by atoms with Gasteiger partial charge in [-0.05, 0) is 68.8 Å². The molecule has 180 valence electrons. The van der Waals surface area contributed by atoms with Crippen molar-refractivity contribution >= 4 is 17.7 Å². The van der Waals surface area contributed by atoms with Crippen LogP contribution in [0, 0.1) is 19.7 Å². The Morgan fingerprint density at radius 1 is 1.03 bits per heavy atom. The first-order valence-electron chi connectivity index (χ1n) is 11.2. The SMILES string of the molecule is Cc1cc(C(=O)CN2C(=O)NC(C)(c3ccc4c(c3)OCCO4)C2=O)c(C)n1-c1ccc(F)cc1. The van der Waals surface area contributed by atoms with Crippen molar-refractivity contribution in [3.05, 3.63) is 76.9 Å². The quantitative estimate of drug-likeness (QED) is 0.448. The second-order valence-corrected chi connectivity index (χ2v) is 8.82. The Morgan fingerprint density at radius 3 is 2.43 bits per heavy atom. The lowest BCUT2D eigenvalue weighted by molar-refractivity contribution is -0.130. The van der Waals surface area contributed by atoms with Gasteiger partial charge in [-0.15, -0.1) is 0 Å². The summed E-state index contributed by atoms with van der Waals surface area (Å²) in [5.74, 6) is -0.183. The molecule has 2 aromatic carbocycles. The molecule has 2 aliphatic rings. The third kappa shape index (κ3) is 3.73. The number of Topliss-reactive ketones (excluding diaryl/α,β-unsaturated/α-hetero) is 1. The number of amides is 3. The maximum atomic E-state index is 13.4. The summed E-state index contributed by atoms with van der Waals surface area (Å²) in [6, 6.07) is 12.1. The molecule has 0 aliphatic carbocycles. The van der Waals surface area contributed by atoms with Crippen molar-refractivity contribution in [2.45, 2.75) is 26.3 Å². The molecule has 1 atom stereocenters. The zero-order chi connectivity index (χ0) is 24.9. The van der Waals surface area contributed by atoms with Crippen molar-refractivity contribution < 1.29 is 28.2 Å². The molecule has 1 saturated heterocycles. The zero-order valence-corrected chi connectivity index (χ0v) is 19.6. The third-order valence-electron chi connectivity index (χ3n) is 6.51. The van der Waals surface area contributed by atoms with Crippen molar-refractivity contribution in [2.75, 3.05) is 19.8 Å². The zero-order valence-electron chi connectivity index (χ0n) is 19.6. The van der Waals surface area contributed by atoms with Crippen molar-refractivity contribution in [3.63, 3.8) is 0 Å². The first-order valence-corrected chi connectivity index (χ1v) is 11.2. The molecule has 0 radical (unpaired) electrons. The molecule has 3 heterocycles. The summed E-state index contributed by atoms with van der Waals surface area (Å²) in [7, 11) is 0. The van der Waals surface area contributed by atoms with Crippen LogP contribution in [-0.4, -0.2) is 46.9 Å². The predicted molar refractivity (Wildman–Crippen MR) is 125 cm³/mol. The second-order valence-electron chi connectivity index (χ2n) is 8.82. The average Bonchev–Trinajstić information content (AvgIpc) is 3.26. The van der Waals surface area contributed by atoms with Crippen LogP contribution in [0.5, 0.6) is 11.5 Å². The number of ether oxygens (including phenoxy) is 2. The van der Waals surface area contributed by atoms with E-state index in [1.165, 1.54) is 12.1 Å². The van der Waals surface area contributed by atoms with E-state index in [9.17, 15) is 18.8 Å². The van der Waals surface area contributed by atoms with Gasteiger partial charge in [0.05, 0.1) is 6.54 Å². The summed E-state index contributed by atoms with van der Waals surface area (Å²) in [5, 5.41) is 2.72. The Kier molecular flexibility index (Phi) is 5.35. The molecular formula is C26H24FN3O5. The fourth-order valence-corrected chi connectivity index (χ4v) is 4.65. The molecule has 9 heteroatoms. The molecule has 3 aromatic rings. The Labute approximate surface area is 201 Å². The summed E-state index contributed by atoms with van der Waals surface area (Å²) in [4.78, 5) is 40.3. The summed E-state index contributed by atoms with van der Waals surface area (Å²) < 4.78 is 26.3. The molecule has 2 aliphatic heterocycles. The number of aryl methyl sites for hydroxylation is 1. The number of halogens is 1. The number of imide groups is 1. The van der Waals surface area contributed by atoms with E-state index in [1.54, 1.807) is 50.2 Å². The van der Waals surface area contributed by atoms with Crippen LogP contribution in [0.4, 0.5) is 9.18 Å². The lowest BCUT2D eigenvalue weighted by atomic mass is 9.91. The molecule has 1 unspecified atom stereocenters. The Bertz CT molecular complexity index is 1360. The number of fused-ring (bicyclic) bond motifs is 1. The molecule has 35 heavy (non-hydrogen) atoms. The molecule has 8 nitrogen and oxygen atoms in total. The number of hydrogen-bond donors (Lipinski definition) is 1. The molecule has 5 rings (SSSR count). The molecule has 1 N–H and O–H groups in total. The Morgan fingerprint density at radius 2 is 1.71 bits per heavy atom. The number of carbonyl (C=O) groups excluding carboxylic acids is 3. The van der Waals surface area contributed by atoms with Crippen molar-refractivity contribution in [1.82, 2.24) is 14.8 Å². The van der Waals surface area contributed by atoms with Crippen LogP contribution in [0.15, 0.2) is 48.5 Å². The van der Waals surface area contributed by atoms with Gasteiger partial charge in [0.2, 0.25) is 0 Å². The third-order valence-corrected chi connectivity index (χ3v) is 6.51. The molecule has 0 bridgehead atoms. The van der Waals surface area contributed by atoms with Gasteiger partial charge in [0.25, 0.3) is 5.91 Å². The summed E-state index contributed by atoms with van der Waals surface area (Å²) >= 11 is 0. The van der Waals surface area contributed by atoms with Crippen LogP contribution in [0.1, 0.15) is 34.2 Å². The monoisotopic (exact) mass is 477 g/mol. The molecule has 1 aromatic heterocycles. The maximum absolute atomic E-state index is 13.4. The topological polar surface area (TPSA) is 89.9 Å². The van der Waals surface area contributed by atoms with E-state index in [0.29, 0.717) is 47.2 Å². The summed E-state index contributed by atoms with van der Waals surface area (Å²) in [6.45, 7) is 5.64. The smallest absolute Gasteiger partial charge is 0.325 e. The van der Waals surface area contributed by atoms with E-state index < -0.39 is 24.0 Å². The van der Waals surface area contributed by atoms with Gasteiger partial charge in [-0.1, -0.05) is 6.07 Å². The van der Waals surface area contributed by atoms with Gasteiger partial charge in [0.1, 0.15) is 24.6 Å². The van der Waals surface area contributed by atoms with E-state index in [2.05, 4.69) is 5.32 Å². The number of ketones is 1. The van der Waals surface area contributed by atoms with E-state index in [1.807, 2.05) is 11.5 Å². The average molecular weight is 477 g/mol.